The summed E-state index contributed by atoms with van der Waals surface area (Å²) in [5.41, 5.74) is 1.32. The monoisotopic (exact) mass is 296 g/mol. The van der Waals surface area contributed by atoms with Gasteiger partial charge in [0.1, 0.15) is 0 Å². The van der Waals surface area contributed by atoms with Gasteiger partial charge >= 0.3 is 0 Å². The van der Waals surface area contributed by atoms with Gasteiger partial charge in [0.15, 0.2) is 0 Å². The van der Waals surface area contributed by atoms with E-state index in [-0.39, 0.29) is 0 Å². The van der Waals surface area contributed by atoms with Gasteiger partial charge in [-0.15, -0.1) is 0 Å². The molecule has 94 valence electrons. The molecule has 1 N–H and O–H groups in total. The fourth-order valence-corrected chi connectivity index (χ4v) is 2.72. The molecule has 1 heterocycles. The van der Waals surface area contributed by atoms with Gasteiger partial charge in [-0.2, -0.15) is 0 Å². The average molecular weight is 297 g/mol. The Morgan fingerprint density at radius 1 is 1.47 bits per heavy atom. The van der Waals surface area contributed by atoms with Crippen molar-refractivity contribution in [2.24, 2.45) is 5.92 Å². The van der Waals surface area contributed by atoms with Crippen molar-refractivity contribution in [1.29, 1.82) is 0 Å². The number of nitrogens with zero attached hydrogens (tertiary/aromatic N) is 1. The zero-order valence-electron chi connectivity index (χ0n) is 10.5. The van der Waals surface area contributed by atoms with Crippen molar-refractivity contribution in [3.63, 3.8) is 0 Å². The normalized spacial score (nSPS) is 17.8. The van der Waals surface area contributed by atoms with Gasteiger partial charge in [-0.1, -0.05) is 26.2 Å². The molecule has 1 aromatic rings. The summed E-state index contributed by atoms with van der Waals surface area (Å²) >= 11 is 3.51. The summed E-state index contributed by atoms with van der Waals surface area (Å²) in [7, 11) is 0. The topological polar surface area (TPSA) is 24.9 Å². The lowest BCUT2D eigenvalue weighted by molar-refractivity contribution is 0.261. The molecule has 3 heteroatoms. The average Bonchev–Trinajstić information content (AvgIpc) is 2.27. The third kappa shape index (κ3) is 3.78. The first-order chi connectivity index (χ1) is 8.29. The largest absolute Gasteiger partial charge is 0.310 e. The van der Waals surface area contributed by atoms with Crippen LogP contribution < -0.4 is 5.32 Å². The summed E-state index contributed by atoms with van der Waals surface area (Å²) in [6.07, 6.45) is 10.5. The summed E-state index contributed by atoms with van der Waals surface area (Å²) in [4.78, 5) is 4.28. The minimum absolute atomic E-state index is 0.477. The Morgan fingerprint density at radius 3 is 2.88 bits per heavy atom. The molecule has 0 aliphatic heterocycles. The van der Waals surface area contributed by atoms with Gasteiger partial charge in [0.05, 0.1) is 0 Å². The number of nitrogens with one attached hydrogen (secondary N) is 1. The smallest absolute Gasteiger partial charge is 0.0410 e. The molecule has 0 amide bonds. The number of pyridine rings is 1. The van der Waals surface area contributed by atoms with Gasteiger partial charge in [0.2, 0.25) is 0 Å². The van der Waals surface area contributed by atoms with Crippen LogP contribution in [0.3, 0.4) is 0 Å². The van der Waals surface area contributed by atoms with Crippen LogP contribution in [0.25, 0.3) is 0 Å². The lowest BCUT2D eigenvalue weighted by Crippen LogP contribution is -2.26. The summed E-state index contributed by atoms with van der Waals surface area (Å²) in [5, 5.41) is 3.65. The number of rotatable bonds is 6. The maximum atomic E-state index is 4.28. The second kappa shape index (κ2) is 6.50. The highest BCUT2D eigenvalue weighted by atomic mass is 79.9. The maximum Gasteiger partial charge on any atom is 0.0410 e. The second-order valence-electron chi connectivity index (χ2n) is 4.98. The van der Waals surface area contributed by atoms with Crippen LogP contribution in [0.4, 0.5) is 0 Å². The molecular weight excluding hydrogens is 276 g/mol. The van der Waals surface area contributed by atoms with E-state index in [2.05, 4.69) is 39.2 Å². The molecule has 0 radical (unpaired) electrons. The summed E-state index contributed by atoms with van der Waals surface area (Å²) in [5.74, 6) is 0.920. The van der Waals surface area contributed by atoms with Gasteiger partial charge in [0.25, 0.3) is 0 Å². The van der Waals surface area contributed by atoms with Gasteiger partial charge < -0.3 is 5.32 Å². The molecule has 1 unspecified atom stereocenters. The summed E-state index contributed by atoms with van der Waals surface area (Å²) < 4.78 is 1.08. The van der Waals surface area contributed by atoms with Gasteiger partial charge in [0, 0.05) is 22.9 Å². The quantitative estimate of drug-likeness (QED) is 0.856. The molecule has 0 saturated heterocycles. The van der Waals surface area contributed by atoms with Crippen molar-refractivity contribution in [3.05, 3.63) is 28.5 Å². The Hall–Kier alpha value is -0.410. The van der Waals surface area contributed by atoms with E-state index in [1.54, 1.807) is 0 Å². The van der Waals surface area contributed by atoms with E-state index in [0.717, 1.165) is 16.9 Å². The number of hydrogen-bond acceptors (Lipinski definition) is 2. The fraction of sp³-hybridized carbons (Fsp3) is 0.643. The van der Waals surface area contributed by atoms with Crippen LogP contribution in [0.1, 0.15) is 50.6 Å². The minimum Gasteiger partial charge on any atom is -0.310 e. The van der Waals surface area contributed by atoms with Crippen LogP contribution in [0, 0.1) is 5.92 Å². The first-order valence-electron chi connectivity index (χ1n) is 6.63. The van der Waals surface area contributed by atoms with Crippen LogP contribution in [0.15, 0.2) is 22.9 Å². The lowest BCUT2D eigenvalue weighted by Gasteiger charge is -2.30. The van der Waals surface area contributed by atoms with E-state index in [1.807, 2.05) is 12.4 Å². The van der Waals surface area contributed by atoms with Crippen LogP contribution in [-0.4, -0.2) is 11.5 Å². The van der Waals surface area contributed by atoms with E-state index in [4.69, 9.17) is 0 Å². The third-order valence-electron chi connectivity index (χ3n) is 3.56. The minimum atomic E-state index is 0.477. The molecular formula is C14H21BrN2. The van der Waals surface area contributed by atoms with E-state index in [1.165, 1.54) is 37.7 Å². The zero-order chi connectivity index (χ0) is 12.1. The number of halogens is 1. The Labute approximate surface area is 112 Å². The third-order valence-corrected chi connectivity index (χ3v) is 4.00. The molecule has 17 heavy (non-hydrogen) atoms. The predicted octanol–water partition coefficient (Wildman–Crippen LogP) is 4.08. The molecule has 1 atom stereocenters. The Bertz CT molecular complexity index is 350. The SMILES string of the molecule is CCCNC(CC1CCC1)c1cncc(Br)c1. The first-order valence-corrected chi connectivity index (χ1v) is 7.42. The van der Waals surface area contributed by atoms with Crippen molar-refractivity contribution < 1.29 is 0 Å². The lowest BCUT2D eigenvalue weighted by atomic mass is 9.80. The van der Waals surface area contributed by atoms with E-state index in [0.29, 0.717) is 6.04 Å². The highest BCUT2D eigenvalue weighted by Gasteiger charge is 2.22. The molecule has 2 nitrogen and oxygen atoms in total. The first kappa shape index (κ1) is 13.0. The Kier molecular flexibility index (Phi) is 4.99. The van der Waals surface area contributed by atoms with Crippen molar-refractivity contribution >= 4 is 15.9 Å². The molecule has 2 rings (SSSR count). The Balaban J connectivity index is 2.02. The van der Waals surface area contributed by atoms with E-state index >= 15 is 0 Å². The van der Waals surface area contributed by atoms with Crippen LogP contribution in [-0.2, 0) is 0 Å². The highest BCUT2D eigenvalue weighted by molar-refractivity contribution is 9.10. The standard InChI is InChI=1S/C14H21BrN2/c1-2-6-17-14(7-11-4-3-5-11)12-8-13(15)10-16-9-12/h8-11,14,17H,2-7H2,1H3. The highest BCUT2D eigenvalue weighted by Crippen LogP contribution is 2.34. The number of aromatic nitrogens is 1. The van der Waals surface area contributed by atoms with Crippen LogP contribution in [0.2, 0.25) is 0 Å². The molecule has 0 aromatic carbocycles. The van der Waals surface area contributed by atoms with Crippen LogP contribution in [0.5, 0.6) is 0 Å². The van der Waals surface area contributed by atoms with E-state index in [9.17, 15) is 0 Å². The molecule has 1 saturated carbocycles. The van der Waals surface area contributed by atoms with E-state index < -0.39 is 0 Å². The van der Waals surface area contributed by atoms with Crippen LogP contribution >= 0.6 is 15.9 Å². The van der Waals surface area contributed by atoms with Crippen molar-refractivity contribution in [3.8, 4) is 0 Å². The molecule has 0 spiro atoms. The van der Waals surface area contributed by atoms with Gasteiger partial charge in [-0.3, -0.25) is 4.98 Å². The Morgan fingerprint density at radius 2 is 2.29 bits per heavy atom. The van der Waals surface area contributed by atoms with Gasteiger partial charge in [-0.25, -0.2) is 0 Å². The molecule has 1 aliphatic rings. The number of hydrogen-bond donors (Lipinski definition) is 1. The molecule has 1 aliphatic carbocycles. The van der Waals surface area contributed by atoms with Gasteiger partial charge in [-0.05, 0) is 52.9 Å². The zero-order valence-corrected chi connectivity index (χ0v) is 12.0. The maximum absolute atomic E-state index is 4.28. The van der Waals surface area contributed by atoms with Crippen molar-refractivity contribution in [2.45, 2.75) is 45.1 Å². The summed E-state index contributed by atoms with van der Waals surface area (Å²) in [6, 6.07) is 2.67. The second-order valence-corrected chi connectivity index (χ2v) is 5.89. The molecule has 0 bridgehead atoms. The molecule has 1 aromatic heterocycles. The predicted molar refractivity (Wildman–Crippen MR) is 74.9 cm³/mol. The summed E-state index contributed by atoms with van der Waals surface area (Å²) in [6.45, 7) is 3.30. The van der Waals surface area contributed by atoms with Crippen molar-refractivity contribution in [2.75, 3.05) is 6.54 Å². The van der Waals surface area contributed by atoms with Crippen molar-refractivity contribution in [1.82, 2.24) is 10.3 Å². The molecule has 1 fully saturated rings. The fourth-order valence-electron chi connectivity index (χ4n) is 2.34.